The lowest BCUT2D eigenvalue weighted by molar-refractivity contribution is -0.114. The summed E-state index contributed by atoms with van der Waals surface area (Å²) in [5.41, 5.74) is 1.02. The molecule has 0 fully saturated rings. The molecule has 6 nitrogen and oxygen atoms in total. The van der Waals surface area contributed by atoms with Gasteiger partial charge in [-0.05, 0) is 18.2 Å². The number of halogens is 1. The molecule has 0 radical (unpaired) electrons. The number of anilines is 1. The highest BCUT2D eigenvalue weighted by atomic mass is 19.1. The molecule has 0 aliphatic carbocycles. The predicted octanol–water partition coefficient (Wildman–Crippen LogP) is 0.684. The lowest BCUT2D eigenvalue weighted by atomic mass is 10.1. The Hall–Kier alpha value is -2.57. The number of rotatable bonds is 2. The molecule has 0 N–H and O–H groups in total. The van der Waals surface area contributed by atoms with Crippen LogP contribution in [-0.4, -0.2) is 26.7 Å². The number of aryl methyl sites for hydroxylation is 1. The maximum atomic E-state index is 13.3. The molecule has 0 atom stereocenters. The Morgan fingerprint density at radius 3 is 2.79 bits per heavy atom. The monoisotopic (exact) mass is 260 g/mol. The number of Topliss-reactive ketones (excluding diaryl/α,β-unsaturated/α-hetero) is 1. The quantitative estimate of drug-likeness (QED) is 0.745. The number of carbonyl (C=O) groups excluding carboxylic acids is 2. The van der Waals surface area contributed by atoms with Crippen LogP contribution in [0.5, 0.6) is 0 Å². The molecule has 1 amide bonds. The first-order chi connectivity index (χ1) is 9.06. The Balaban J connectivity index is 2.01. The fourth-order valence-corrected chi connectivity index (χ4v) is 2.05. The first kappa shape index (κ1) is 11.5. The zero-order chi connectivity index (χ0) is 13.6. The summed E-state index contributed by atoms with van der Waals surface area (Å²) in [6, 6.07) is 3.66. The van der Waals surface area contributed by atoms with Gasteiger partial charge >= 0.3 is 0 Å². The summed E-state index contributed by atoms with van der Waals surface area (Å²) in [6.07, 6.45) is 1.63. The van der Waals surface area contributed by atoms with Gasteiger partial charge in [0.15, 0.2) is 0 Å². The van der Waals surface area contributed by atoms with Crippen LogP contribution in [-0.2, 0) is 18.4 Å². The van der Waals surface area contributed by atoms with Crippen LogP contribution in [0, 0.1) is 5.82 Å². The van der Waals surface area contributed by atoms with Crippen molar-refractivity contribution in [3.8, 4) is 0 Å². The Labute approximate surface area is 107 Å². The van der Waals surface area contributed by atoms with E-state index in [-0.39, 0.29) is 17.8 Å². The van der Waals surface area contributed by atoms with Gasteiger partial charge in [-0.1, -0.05) is 5.21 Å². The lowest BCUT2D eigenvalue weighted by Gasteiger charge is -2.14. The molecule has 1 aliphatic heterocycles. The Kier molecular flexibility index (Phi) is 2.41. The molecule has 0 spiro atoms. The number of hydrogen-bond acceptors (Lipinski definition) is 4. The van der Waals surface area contributed by atoms with Crippen LogP contribution >= 0.6 is 0 Å². The minimum absolute atomic E-state index is 0.0921. The van der Waals surface area contributed by atoms with Crippen molar-refractivity contribution in [1.82, 2.24) is 15.0 Å². The standard InChI is InChI=1S/C12H9FN4O2/c1-16-5-8(14-15-16)6-17-10-4-7(13)2-3-9(10)11(18)12(17)19/h2-5H,6H2,1H3. The number of carbonyl (C=O) groups is 2. The van der Waals surface area contributed by atoms with Gasteiger partial charge in [0.05, 0.1) is 17.8 Å². The van der Waals surface area contributed by atoms with Crippen LogP contribution in [0.4, 0.5) is 10.1 Å². The first-order valence-corrected chi connectivity index (χ1v) is 5.57. The summed E-state index contributed by atoms with van der Waals surface area (Å²) in [4.78, 5) is 24.9. The van der Waals surface area contributed by atoms with Gasteiger partial charge in [0, 0.05) is 13.2 Å². The largest absolute Gasteiger partial charge is 0.299 e. The molecular formula is C12H9FN4O2. The van der Waals surface area contributed by atoms with Crippen molar-refractivity contribution in [2.45, 2.75) is 6.54 Å². The molecule has 0 bridgehead atoms. The average Bonchev–Trinajstić information content (AvgIpc) is 2.88. The van der Waals surface area contributed by atoms with Gasteiger partial charge in [-0.25, -0.2) is 4.39 Å². The van der Waals surface area contributed by atoms with E-state index in [2.05, 4.69) is 10.3 Å². The van der Waals surface area contributed by atoms with E-state index in [0.717, 1.165) is 6.07 Å². The summed E-state index contributed by atoms with van der Waals surface area (Å²) in [5.74, 6) is -1.80. The number of benzene rings is 1. The second kappa shape index (κ2) is 3.98. The van der Waals surface area contributed by atoms with Crippen LogP contribution < -0.4 is 4.90 Å². The molecule has 0 unspecified atom stereocenters. The van der Waals surface area contributed by atoms with Gasteiger partial charge in [0.2, 0.25) is 0 Å². The maximum absolute atomic E-state index is 13.3. The smallest absolute Gasteiger partial charge is 0.299 e. The summed E-state index contributed by atoms with van der Waals surface area (Å²) in [6.45, 7) is 0.0921. The number of aromatic nitrogens is 3. The van der Waals surface area contributed by atoms with Gasteiger partial charge in [0.25, 0.3) is 11.7 Å². The molecule has 96 valence electrons. The zero-order valence-corrected chi connectivity index (χ0v) is 10.00. The highest BCUT2D eigenvalue weighted by Gasteiger charge is 2.36. The maximum Gasteiger partial charge on any atom is 0.299 e. The van der Waals surface area contributed by atoms with E-state index in [1.54, 1.807) is 13.2 Å². The van der Waals surface area contributed by atoms with Gasteiger partial charge in [0.1, 0.15) is 11.5 Å². The van der Waals surface area contributed by atoms with Crippen LogP contribution in [0.25, 0.3) is 0 Å². The number of fused-ring (bicyclic) bond motifs is 1. The summed E-state index contributed by atoms with van der Waals surface area (Å²) >= 11 is 0. The highest BCUT2D eigenvalue weighted by molar-refractivity contribution is 6.52. The second-order valence-corrected chi connectivity index (χ2v) is 4.27. The zero-order valence-electron chi connectivity index (χ0n) is 10.00. The number of ketones is 1. The predicted molar refractivity (Wildman–Crippen MR) is 62.9 cm³/mol. The third-order valence-corrected chi connectivity index (χ3v) is 2.90. The first-order valence-electron chi connectivity index (χ1n) is 5.57. The molecule has 2 aromatic rings. The number of hydrogen-bond donors (Lipinski definition) is 0. The van der Waals surface area contributed by atoms with Gasteiger partial charge in [-0.15, -0.1) is 5.10 Å². The molecule has 0 saturated heterocycles. The third-order valence-electron chi connectivity index (χ3n) is 2.90. The molecule has 0 saturated carbocycles. The number of amides is 1. The summed E-state index contributed by atoms with van der Waals surface area (Å²) in [5, 5.41) is 7.59. The van der Waals surface area contributed by atoms with E-state index >= 15 is 0 Å². The average molecular weight is 260 g/mol. The van der Waals surface area contributed by atoms with Gasteiger partial charge < -0.3 is 0 Å². The summed E-state index contributed by atoms with van der Waals surface area (Å²) in [7, 11) is 1.70. The minimum atomic E-state index is -0.675. The van der Waals surface area contributed by atoms with E-state index in [4.69, 9.17) is 0 Å². The van der Waals surface area contributed by atoms with Crippen molar-refractivity contribution in [3.63, 3.8) is 0 Å². The molecule has 3 rings (SSSR count). The third kappa shape index (κ3) is 1.79. The normalized spacial score (nSPS) is 14.1. The van der Waals surface area contributed by atoms with Crippen molar-refractivity contribution in [1.29, 1.82) is 0 Å². The van der Waals surface area contributed by atoms with E-state index in [0.29, 0.717) is 5.69 Å². The van der Waals surface area contributed by atoms with Crippen LogP contribution in [0.3, 0.4) is 0 Å². The van der Waals surface area contributed by atoms with Crippen LogP contribution in [0.1, 0.15) is 16.1 Å². The minimum Gasteiger partial charge on any atom is -0.299 e. The Morgan fingerprint density at radius 1 is 1.32 bits per heavy atom. The van der Waals surface area contributed by atoms with Gasteiger partial charge in [-0.3, -0.25) is 19.2 Å². The molecule has 1 aliphatic rings. The molecule has 7 heteroatoms. The van der Waals surface area contributed by atoms with Crippen molar-refractivity contribution in [3.05, 3.63) is 41.5 Å². The highest BCUT2D eigenvalue weighted by Crippen LogP contribution is 2.30. The Bertz CT molecular complexity index is 695. The number of nitrogens with zero attached hydrogens (tertiary/aromatic N) is 4. The molecule has 19 heavy (non-hydrogen) atoms. The fraction of sp³-hybridized carbons (Fsp3) is 0.167. The van der Waals surface area contributed by atoms with Gasteiger partial charge in [-0.2, -0.15) is 0 Å². The molecular weight excluding hydrogens is 251 g/mol. The lowest BCUT2D eigenvalue weighted by Crippen LogP contribution is -2.29. The van der Waals surface area contributed by atoms with Crippen molar-refractivity contribution in [2.24, 2.45) is 7.05 Å². The van der Waals surface area contributed by atoms with Crippen molar-refractivity contribution in [2.75, 3.05) is 4.90 Å². The molecule has 2 heterocycles. The van der Waals surface area contributed by atoms with E-state index in [1.165, 1.54) is 21.7 Å². The molecule has 1 aromatic carbocycles. The summed E-state index contributed by atoms with van der Waals surface area (Å²) < 4.78 is 14.7. The van der Waals surface area contributed by atoms with Crippen molar-refractivity contribution >= 4 is 17.4 Å². The molecule has 1 aromatic heterocycles. The van der Waals surface area contributed by atoms with E-state index in [9.17, 15) is 14.0 Å². The van der Waals surface area contributed by atoms with Crippen LogP contribution in [0.2, 0.25) is 0 Å². The fourth-order valence-electron chi connectivity index (χ4n) is 2.05. The SMILES string of the molecule is Cn1cc(CN2C(=O)C(=O)c3ccc(F)cc32)nn1. The van der Waals surface area contributed by atoms with Crippen LogP contribution in [0.15, 0.2) is 24.4 Å². The topological polar surface area (TPSA) is 68.1 Å². The van der Waals surface area contributed by atoms with E-state index in [1.807, 2.05) is 0 Å². The van der Waals surface area contributed by atoms with Crippen molar-refractivity contribution < 1.29 is 14.0 Å². The Morgan fingerprint density at radius 2 is 2.11 bits per heavy atom. The van der Waals surface area contributed by atoms with E-state index < -0.39 is 17.5 Å². The second-order valence-electron chi connectivity index (χ2n) is 4.27.